The molecule has 0 aliphatic heterocycles. The van der Waals surface area contributed by atoms with E-state index in [-0.39, 0.29) is 11.9 Å². The van der Waals surface area contributed by atoms with Crippen molar-refractivity contribution in [3.05, 3.63) is 96.1 Å². The van der Waals surface area contributed by atoms with Gasteiger partial charge in [0.2, 0.25) is 0 Å². The van der Waals surface area contributed by atoms with E-state index in [4.69, 9.17) is 4.74 Å². The monoisotopic (exact) mass is 400 g/mol. The summed E-state index contributed by atoms with van der Waals surface area (Å²) in [6.45, 7) is 2.39. The topological polar surface area (TPSA) is 94.8 Å². The van der Waals surface area contributed by atoms with E-state index in [0.29, 0.717) is 12.2 Å². The van der Waals surface area contributed by atoms with E-state index in [1.807, 2.05) is 49.4 Å². The molecule has 8 nitrogen and oxygen atoms in total. The molecule has 0 aliphatic rings. The fourth-order valence-corrected chi connectivity index (χ4v) is 2.94. The van der Waals surface area contributed by atoms with E-state index in [2.05, 4.69) is 25.8 Å². The number of amides is 1. The van der Waals surface area contributed by atoms with Gasteiger partial charge >= 0.3 is 0 Å². The minimum absolute atomic E-state index is 0.165. The van der Waals surface area contributed by atoms with Gasteiger partial charge < -0.3 is 10.1 Å². The van der Waals surface area contributed by atoms with Crippen molar-refractivity contribution in [2.45, 2.75) is 19.6 Å². The summed E-state index contributed by atoms with van der Waals surface area (Å²) < 4.78 is 7.28. The van der Waals surface area contributed by atoms with Gasteiger partial charge in [0.25, 0.3) is 5.91 Å². The van der Waals surface area contributed by atoms with E-state index in [1.165, 1.54) is 11.0 Å². The number of carbonyl (C=O) groups excluding carboxylic acids is 1. The van der Waals surface area contributed by atoms with Crippen LogP contribution < -0.4 is 10.1 Å². The molecule has 1 atom stereocenters. The van der Waals surface area contributed by atoms with Crippen LogP contribution in [-0.4, -0.2) is 31.1 Å². The Morgan fingerprint density at radius 1 is 1.13 bits per heavy atom. The van der Waals surface area contributed by atoms with Crippen molar-refractivity contribution in [1.82, 2.24) is 30.5 Å². The van der Waals surface area contributed by atoms with Crippen LogP contribution in [0.3, 0.4) is 0 Å². The third-order valence-electron chi connectivity index (χ3n) is 4.58. The van der Waals surface area contributed by atoms with E-state index >= 15 is 0 Å². The van der Waals surface area contributed by atoms with E-state index in [1.54, 1.807) is 30.6 Å². The van der Waals surface area contributed by atoms with Crippen molar-refractivity contribution in [1.29, 1.82) is 0 Å². The van der Waals surface area contributed by atoms with Gasteiger partial charge in [0.15, 0.2) is 0 Å². The molecule has 0 bridgehead atoms. The van der Waals surface area contributed by atoms with Crippen LogP contribution in [-0.2, 0) is 6.61 Å². The summed E-state index contributed by atoms with van der Waals surface area (Å²) in [5, 5.41) is 14.1. The number of pyridine rings is 1. The van der Waals surface area contributed by atoms with Crippen molar-refractivity contribution in [2.24, 2.45) is 0 Å². The number of hydrogen-bond acceptors (Lipinski definition) is 6. The van der Waals surface area contributed by atoms with Crippen LogP contribution >= 0.6 is 0 Å². The average molecular weight is 400 g/mol. The van der Waals surface area contributed by atoms with E-state index < -0.39 is 0 Å². The Labute approximate surface area is 173 Å². The molecule has 4 aromatic rings. The summed E-state index contributed by atoms with van der Waals surface area (Å²) in [4.78, 5) is 16.7. The van der Waals surface area contributed by atoms with Crippen LogP contribution in [0.2, 0.25) is 0 Å². The molecule has 0 radical (unpaired) electrons. The zero-order chi connectivity index (χ0) is 20.8. The Hall–Kier alpha value is -4.07. The molecular weight excluding hydrogens is 380 g/mol. The lowest BCUT2D eigenvalue weighted by Gasteiger charge is -2.15. The lowest BCUT2D eigenvalue weighted by molar-refractivity contribution is 0.0940. The minimum Gasteiger partial charge on any atom is -0.489 e. The molecule has 0 fully saturated rings. The fourth-order valence-electron chi connectivity index (χ4n) is 2.94. The molecule has 150 valence electrons. The van der Waals surface area contributed by atoms with Crippen LogP contribution in [0.1, 0.15) is 34.5 Å². The standard InChI is InChI=1S/C22H20N6O2/c1-16(18-7-9-21(10-8-18)30-14-17-4-3-11-23-13-17)25-22(29)19-5-2-6-20(12-19)28-15-24-26-27-28/h2-13,15-16H,14H2,1H3,(H,25,29). The first-order chi connectivity index (χ1) is 14.7. The fraction of sp³-hybridized carbons (Fsp3) is 0.136. The van der Waals surface area contributed by atoms with Crippen molar-refractivity contribution in [2.75, 3.05) is 0 Å². The van der Waals surface area contributed by atoms with Gasteiger partial charge in [-0.1, -0.05) is 24.3 Å². The first kappa shape index (κ1) is 19.3. The molecule has 2 aromatic heterocycles. The number of aromatic nitrogens is 5. The SMILES string of the molecule is CC(NC(=O)c1cccc(-n2cnnn2)c1)c1ccc(OCc2cccnc2)cc1. The molecule has 2 aromatic carbocycles. The van der Waals surface area contributed by atoms with E-state index in [0.717, 1.165) is 22.6 Å². The lowest BCUT2D eigenvalue weighted by atomic mass is 10.1. The summed E-state index contributed by atoms with van der Waals surface area (Å²) in [6, 6.07) is 18.5. The Morgan fingerprint density at radius 3 is 2.73 bits per heavy atom. The molecule has 1 N–H and O–H groups in total. The normalized spacial score (nSPS) is 11.6. The molecule has 0 aliphatic carbocycles. The summed E-state index contributed by atoms with van der Waals surface area (Å²) in [7, 11) is 0. The molecule has 1 amide bonds. The van der Waals surface area contributed by atoms with Gasteiger partial charge in [-0.15, -0.1) is 5.10 Å². The maximum absolute atomic E-state index is 12.7. The molecule has 8 heteroatoms. The van der Waals surface area contributed by atoms with Gasteiger partial charge in [-0.3, -0.25) is 9.78 Å². The molecule has 30 heavy (non-hydrogen) atoms. The van der Waals surface area contributed by atoms with Gasteiger partial charge in [0.05, 0.1) is 11.7 Å². The first-order valence-corrected chi connectivity index (χ1v) is 9.45. The average Bonchev–Trinajstić information content (AvgIpc) is 3.34. The Kier molecular flexibility index (Phi) is 5.75. The predicted molar refractivity (Wildman–Crippen MR) is 110 cm³/mol. The van der Waals surface area contributed by atoms with Crippen molar-refractivity contribution < 1.29 is 9.53 Å². The number of nitrogens with zero attached hydrogens (tertiary/aromatic N) is 5. The van der Waals surface area contributed by atoms with Crippen LogP contribution in [0, 0.1) is 0 Å². The highest BCUT2D eigenvalue weighted by Crippen LogP contribution is 2.19. The maximum atomic E-state index is 12.7. The number of hydrogen-bond donors (Lipinski definition) is 1. The van der Waals surface area contributed by atoms with Gasteiger partial charge in [-0.25, -0.2) is 4.68 Å². The number of nitrogens with one attached hydrogen (secondary N) is 1. The molecule has 4 rings (SSSR count). The molecule has 0 saturated heterocycles. The predicted octanol–water partition coefficient (Wildman–Crippen LogP) is 3.13. The Balaban J connectivity index is 1.37. The third-order valence-corrected chi connectivity index (χ3v) is 4.58. The van der Waals surface area contributed by atoms with Crippen LogP contribution in [0.4, 0.5) is 0 Å². The van der Waals surface area contributed by atoms with Crippen LogP contribution in [0.15, 0.2) is 79.4 Å². The van der Waals surface area contributed by atoms with Crippen LogP contribution in [0.25, 0.3) is 5.69 Å². The van der Waals surface area contributed by atoms with Gasteiger partial charge in [-0.2, -0.15) is 0 Å². The highest BCUT2D eigenvalue weighted by molar-refractivity contribution is 5.95. The van der Waals surface area contributed by atoms with Crippen molar-refractivity contribution >= 4 is 5.91 Å². The summed E-state index contributed by atoms with van der Waals surface area (Å²) >= 11 is 0. The number of carbonyl (C=O) groups is 1. The summed E-state index contributed by atoms with van der Waals surface area (Å²) in [5.74, 6) is 0.588. The molecule has 0 saturated carbocycles. The lowest BCUT2D eigenvalue weighted by Crippen LogP contribution is -2.26. The summed E-state index contributed by atoms with van der Waals surface area (Å²) in [6.07, 6.45) is 4.99. The quantitative estimate of drug-likeness (QED) is 0.512. The second kappa shape index (κ2) is 8.95. The molecular formula is C22H20N6O2. The largest absolute Gasteiger partial charge is 0.489 e. The molecule has 1 unspecified atom stereocenters. The minimum atomic E-state index is -0.172. The van der Waals surface area contributed by atoms with Gasteiger partial charge in [0, 0.05) is 23.5 Å². The Bertz CT molecular complexity index is 1100. The third kappa shape index (κ3) is 4.67. The number of tetrazole rings is 1. The maximum Gasteiger partial charge on any atom is 0.251 e. The second-order valence-electron chi connectivity index (χ2n) is 6.72. The number of ether oxygens (including phenoxy) is 1. The van der Waals surface area contributed by atoms with Gasteiger partial charge in [-0.05, 0) is 59.3 Å². The number of benzene rings is 2. The molecule has 2 heterocycles. The van der Waals surface area contributed by atoms with Crippen molar-refractivity contribution in [3.63, 3.8) is 0 Å². The smallest absolute Gasteiger partial charge is 0.251 e. The van der Waals surface area contributed by atoms with Crippen molar-refractivity contribution in [3.8, 4) is 11.4 Å². The highest BCUT2D eigenvalue weighted by Gasteiger charge is 2.13. The zero-order valence-corrected chi connectivity index (χ0v) is 16.3. The summed E-state index contributed by atoms with van der Waals surface area (Å²) in [5.41, 5.74) is 3.24. The van der Waals surface area contributed by atoms with E-state index in [9.17, 15) is 4.79 Å². The highest BCUT2D eigenvalue weighted by atomic mass is 16.5. The van der Waals surface area contributed by atoms with Crippen LogP contribution in [0.5, 0.6) is 5.75 Å². The van der Waals surface area contributed by atoms with Gasteiger partial charge in [0.1, 0.15) is 18.7 Å². The zero-order valence-electron chi connectivity index (χ0n) is 16.3. The molecule has 0 spiro atoms. The first-order valence-electron chi connectivity index (χ1n) is 9.45. The number of rotatable bonds is 7. The Morgan fingerprint density at radius 2 is 2.00 bits per heavy atom. The second-order valence-corrected chi connectivity index (χ2v) is 6.72.